The summed E-state index contributed by atoms with van der Waals surface area (Å²) >= 11 is 1.22. The number of alkyl carbamates (subject to hydrolysis) is 1. The second kappa shape index (κ2) is 10.3. The molecule has 2 atom stereocenters. The number of amides is 2. The zero-order chi connectivity index (χ0) is 25.1. The lowest BCUT2D eigenvalue weighted by atomic mass is 9.98. The number of aliphatic carboxylic acids is 1. The van der Waals surface area contributed by atoms with E-state index < -0.39 is 30.1 Å². The first kappa shape index (κ1) is 24.4. The van der Waals surface area contributed by atoms with Gasteiger partial charge in [0.1, 0.15) is 23.4 Å². The minimum atomic E-state index is -1.07. The van der Waals surface area contributed by atoms with E-state index in [1.165, 1.54) is 23.3 Å². The molecule has 0 fully saturated rings. The lowest BCUT2D eigenvalue weighted by molar-refractivity contribution is -0.142. The van der Waals surface area contributed by atoms with Gasteiger partial charge >= 0.3 is 12.1 Å². The average Bonchev–Trinajstić information content (AvgIpc) is 3.46. The number of hydrogen-bond acceptors (Lipinski definition) is 6. The van der Waals surface area contributed by atoms with Gasteiger partial charge < -0.3 is 20.1 Å². The molecule has 1 aliphatic rings. The molecule has 2 N–H and O–H groups in total. The van der Waals surface area contributed by atoms with Crippen LogP contribution in [0.2, 0.25) is 0 Å². The van der Waals surface area contributed by atoms with Crippen LogP contribution >= 0.6 is 11.3 Å². The Balaban J connectivity index is 1.37. The standard InChI is InChI=1S/C26H27N3O5S/c1-4-22(25(31)32)29(3)24(30)21-14-35-23(28-21)15(2)27-26(33)34-13-20-18-11-7-5-9-16(18)17-10-6-8-12-19(17)20/h5-12,14-15,20,22H,4,13H2,1-3H3,(H,27,33)(H,31,32). The topological polar surface area (TPSA) is 109 Å². The molecule has 9 heteroatoms. The molecule has 182 valence electrons. The highest BCUT2D eigenvalue weighted by Gasteiger charge is 2.30. The molecule has 0 spiro atoms. The average molecular weight is 494 g/mol. The molecule has 1 heterocycles. The van der Waals surface area contributed by atoms with Gasteiger partial charge in [-0.1, -0.05) is 55.5 Å². The van der Waals surface area contributed by atoms with Gasteiger partial charge in [-0.15, -0.1) is 11.3 Å². The Labute approximate surface area is 207 Å². The Hall–Kier alpha value is -3.72. The maximum Gasteiger partial charge on any atom is 0.407 e. The van der Waals surface area contributed by atoms with Crippen LogP contribution in [0.3, 0.4) is 0 Å². The van der Waals surface area contributed by atoms with Gasteiger partial charge in [0.05, 0.1) is 6.04 Å². The Kier molecular flexibility index (Phi) is 7.16. The molecule has 2 amide bonds. The van der Waals surface area contributed by atoms with Crippen LogP contribution in [0.4, 0.5) is 4.79 Å². The molecule has 0 aliphatic heterocycles. The molecule has 0 bridgehead atoms. The van der Waals surface area contributed by atoms with Gasteiger partial charge in [-0.05, 0) is 35.6 Å². The van der Waals surface area contributed by atoms with Crippen LogP contribution in [0.5, 0.6) is 0 Å². The summed E-state index contributed by atoms with van der Waals surface area (Å²) in [5.74, 6) is -1.58. The van der Waals surface area contributed by atoms with E-state index in [-0.39, 0.29) is 24.6 Å². The third kappa shape index (κ3) is 4.90. The zero-order valence-corrected chi connectivity index (χ0v) is 20.5. The number of carbonyl (C=O) groups is 3. The first-order valence-electron chi connectivity index (χ1n) is 11.4. The number of rotatable bonds is 8. The van der Waals surface area contributed by atoms with E-state index in [0.29, 0.717) is 5.01 Å². The van der Waals surface area contributed by atoms with Crippen molar-refractivity contribution in [2.75, 3.05) is 13.7 Å². The molecule has 2 unspecified atom stereocenters. The van der Waals surface area contributed by atoms with Crippen LogP contribution in [-0.2, 0) is 9.53 Å². The molecular formula is C26H27N3O5S. The smallest absolute Gasteiger partial charge is 0.407 e. The fourth-order valence-electron chi connectivity index (χ4n) is 4.40. The number of carboxylic acids is 1. The number of fused-ring (bicyclic) bond motifs is 3. The predicted octanol–water partition coefficient (Wildman–Crippen LogP) is 4.68. The Morgan fingerprint density at radius 1 is 1.11 bits per heavy atom. The van der Waals surface area contributed by atoms with Gasteiger partial charge in [0.25, 0.3) is 5.91 Å². The number of carboxylic acid groups (broad SMARTS) is 1. The normalized spacial score (nSPS) is 13.9. The summed E-state index contributed by atoms with van der Waals surface area (Å²) < 4.78 is 5.58. The number of ether oxygens (including phenoxy) is 1. The van der Waals surface area contributed by atoms with Gasteiger partial charge in [-0.25, -0.2) is 14.6 Å². The fraction of sp³-hybridized carbons (Fsp3) is 0.308. The Morgan fingerprint density at radius 3 is 2.29 bits per heavy atom. The van der Waals surface area contributed by atoms with Crippen molar-refractivity contribution in [3.8, 4) is 11.1 Å². The number of likely N-dealkylation sites (N-methyl/N-ethyl adjacent to an activating group) is 1. The number of aromatic nitrogens is 1. The van der Waals surface area contributed by atoms with E-state index in [9.17, 15) is 19.5 Å². The third-order valence-electron chi connectivity index (χ3n) is 6.25. The van der Waals surface area contributed by atoms with Crippen LogP contribution in [0, 0.1) is 0 Å². The van der Waals surface area contributed by atoms with Crippen molar-refractivity contribution in [1.29, 1.82) is 0 Å². The fourth-order valence-corrected chi connectivity index (χ4v) is 5.20. The van der Waals surface area contributed by atoms with Crippen LogP contribution in [0.1, 0.15) is 58.9 Å². The van der Waals surface area contributed by atoms with Gasteiger partial charge in [-0.2, -0.15) is 0 Å². The van der Waals surface area contributed by atoms with Crippen LogP contribution in [0.15, 0.2) is 53.9 Å². The van der Waals surface area contributed by atoms with Gasteiger partial charge in [-0.3, -0.25) is 4.79 Å². The molecule has 35 heavy (non-hydrogen) atoms. The second-order valence-electron chi connectivity index (χ2n) is 8.44. The summed E-state index contributed by atoms with van der Waals surface area (Å²) in [6.07, 6.45) is -0.287. The molecule has 3 aromatic rings. The summed E-state index contributed by atoms with van der Waals surface area (Å²) in [6.45, 7) is 3.66. The van der Waals surface area contributed by atoms with Crippen LogP contribution in [-0.4, -0.2) is 52.7 Å². The van der Waals surface area contributed by atoms with E-state index in [4.69, 9.17) is 4.74 Å². The number of thiazole rings is 1. The maximum atomic E-state index is 12.7. The largest absolute Gasteiger partial charge is 0.480 e. The molecule has 2 aromatic carbocycles. The molecule has 0 saturated heterocycles. The predicted molar refractivity (Wildman–Crippen MR) is 133 cm³/mol. The van der Waals surface area contributed by atoms with Crippen molar-refractivity contribution in [2.24, 2.45) is 0 Å². The molecule has 1 aromatic heterocycles. The quantitative estimate of drug-likeness (QED) is 0.472. The Bertz CT molecular complexity index is 1210. The SMILES string of the molecule is CCC(C(=O)O)N(C)C(=O)c1csc(C(C)NC(=O)OCC2c3ccccc3-c3ccccc32)n1. The lowest BCUT2D eigenvalue weighted by Crippen LogP contribution is -2.42. The highest BCUT2D eigenvalue weighted by molar-refractivity contribution is 7.09. The molecule has 0 radical (unpaired) electrons. The first-order valence-corrected chi connectivity index (χ1v) is 12.3. The molecule has 4 rings (SSSR count). The zero-order valence-electron chi connectivity index (χ0n) is 19.7. The number of carbonyl (C=O) groups excluding carboxylic acids is 2. The maximum absolute atomic E-state index is 12.7. The van der Waals surface area contributed by atoms with Crippen molar-refractivity contribution >= 4 is 29.3 Å². The van der Waals surface area contributed by atoms with E-state index in [1.807, 2.05) is 24.3 Å². The number of hydrogen-bond donors (Lipinski definition) is 2. The minimum absolute atomic E-state index is 0.0381. The molecule has 1 aliphatic carbocycles. The van der Waals surface area contributed by atoms with Crippen molar-refractivity contribution in [3.63, 3.8) is 0 Å². The van der Waals surface area contributed by atoms with Crippen molar-refractivity contribution in [1.82, 2.24) is 15.2 Å². The summed E-state index contributed by atoms with van der Waals surface area (Å²) in [5, 5.41) is 14.2. The summed E-state index contributed by atoms with van der Waals surface area (Å²) in [5.41, 5.74) is 4.72. The molecule has 0 saturated carbocycles. The van der Waals surface area contributed by atoms with E-state index in [0.717, 1.165) is 22.3 Å². The van der Waals surface area contributed by atoms with Crippen LogP contribution < -0.4 is 5.32 Å². The minimum Gasteiger partial charge on any atom is -0.480 e. The van der Waals surface area contributed by atoms with E-state index in [2.05, 4.69) is 34.6 Å². The van der Waals surface area contributed by atoms with Crippen molar-refractivity contribution in [2.45, 2.75) is 38.3 Å². The number of nitrogens with one attached hydrogen (secondary N) is 1. The van der Waals surface area contributed by atoms with E-state index >= 15 is 0 Å². The summed E-state index contributed by atoms with van der Waals surface area (Å²) in [7, 11) is 1.45. The number of benzene rings is 2. The van der Waals surface area contributed by atoms with Crippen molar-refractivity contribution in [3.05, 3.63) is 75.7 Å². The molecular weight excluding hydrogens is 466 g/mol. The highest BCUT2D eigenvalue weighted by atomic mass is 32.1. The van der Waals surface area contributed by atoms with Gasteiger partial charge in [0.15, 0.2) is 0 Å². The monoisotopic (exact) mass is 493 g/mol. The third-order valence-corrected chi connectivity index (χ3v) is 7.28. The second-order valence-corrected chi connectivity index (χ2v) is 9.33. The summed E-state index contributed by atoms with van der Waals surface area (Å²) in [4.78, 5) is 42.1. The Morgan fingerprint density at radius 2 is 1.71 bits per heavy atom. The number of nitrogens with zero attached hydrogens (tertiary/aromatic N) is 2. The highest BCUT2D eigenvalue weighted by Crippen LogP contribution is 2.44. The molecule has 8 nitrogen and oxygen atoms in total. The first-order chi connectivity index (χ1) is 16.8. The van der Waals surface area contributed by atoms with E-state index in [1.54, 1.807) is 19.2 Å². The van der Waals surface area contributed by atoms with Gasteiger partial charge in [0, 0.05) is 18.3 Å². The van der Waals surface area contributed by atoms with Gasteiger partial charge in [0.2, 0.25) is 0 Å². The van der Waals surface area contributed by atoms with Crippen molar-refractivity contribution < 1.29 is 24.2 Å². The van der Waals surface area contributed by atoms with Crippen LogP contribution in [0.25, 0.3) is 11.1 Å². The lowest BCUT2D eigenvalue weighted by Gasteiger charge is -2.22. The summed E-state index contributed by atoms with van der Waals surface area (Å²) in [6, 6.07) is 14.8.